The van der Waals surface area contributed by atoms with Gasteiger partial charge in [0.15, 0.2) is 15.0 Å². The fraction of sp³-hybridized carbons (Fsp3) is 0.333. The van der Waals surface area contributed by atoms with Crippen LogP contribution in [-0.4, -0.2) is 34.7 Å². The summed E-state index contributed by atoms with van der Waals surface area (Å²) in [5, 5.41) is 9.24. The van der Waals surface area contributed by atoms with E-state index in [0.29, 0.717) is 18.8 Å². The number of thioether (sulfide) groups is 1. The second kappa shape index (κ2) is 8.77. The van der Waals surface area contributed by atoms with Gasteiger partial charge in [-0.25, -0.2) is 12.8 Å². The molecule has 30 heavy (non-hydrogen) atoms. The highest BCUT2D eigenvalue weighted by Gasteiger charge is 2.32. The lowest BCUT2D eigenvalue weighted by atomic mass is 10.1. The minimum Gasteiger partial charge on any atom is -0.489 e. The molecule has 0 amide bonds. The molecule has 2 aromatic carbocycles. The van der Waals surface area contributed by atoms with Crippen molar-refractivity contribution in [1.29, 1.82) is 0 Å². The van der Waals surface area contributed by atoms with Gasteiger partial charge in [-0.05, 0) is 41.8 Å². The highest BCUT2D eigenvalue weighted by molar-refractivity contribution is 7.98. The summed E-state index contributed by atoms with van der Waals surface area (Å²) in [6, 6.07) is 14.1. The Morgan fingerprint density at radius 1 is 1.10 bits per heavy atom. The summed E-state index contributed by atoms with van der Waals surface area (Å²) in [5.41, 5.74) is 2.02. The number of ether oxygens (including phenoxy) is 1. The zero-order valence-electron chi connectivity index (χ0n) is 16.5. The Hall–Kier alpha value is -2.39. The number of aromatic nitrogens is 3. The van der Waals surface area contributed by atoms with Crippen LogP contribution in [0.3, 0.4) is 0 Å². The van der Waals surface area contributed by atoms with Gasteiger partial charge in [-0.15, -0.1) is 10.2 Å². The van der Waals surface area contributed by atoms with Crippen LogP contribution in [0.5, 0.6) is 5.75 Å². The van der Waals surface area contributed by atoms with Crippen molar-refractivity contribution in [2.24, 2.45) is 7.05 Å². The number of nitrogens with zero attached hydrogens (tertiary/aromatic N) is 3. The van der Waals surface area contributed by atoms with Gasteiger partial charge in [0.2, 0.25) is 0 Å². The van der Waals surface area contributed by atoms with Crippen LogP contribution in [0.15, 0.2) is 53.7 Å². The molecule has 0 N–H and O–H groups in total. The van der Waals surface area contributed by atoms with Crippen molar-refractivity contribution in [3.05, 3.63) is 71.3 Å². The van der Waals surface area contributed by atoms with Crippen LogP contribution in [0.2, 0.25) is 0 Å². The van der Waals surface area contributed by atoms with Crippen molar-refractivity contribution in [2.75, 3.05) is 11.5 Å². The van der Waals surface area contributed by atoms with Gasteiger partial charge in [-0.2, -0.15) is 0 Å². The van der Waals surface area contributed by atoms with Crippen molar-refractivity contribution in [1.82, 2.24) is 14.8 Å². The van der Waals surface area contributed by atoms with Gasteiger partial charge in [0, 0.05) is 18.7 Å². The predicted octanol–water partition coefficient (Wildman–Crippen LogP) is 3.73. The third kappa shape index (κ3) is 5.02. The molecule has 0 spiro atoms. The van der Waals surface area contributed by atoms with E-state index in [9.17, 15) is 12.8 Å². The first-order valence-electron chi connectivity index (χ1n) is 9.58. The zero-order valence-corrected chi connectivity index (χ0v) is 18.1. The van der Waals surface area contributed by atoms with Crippen LogP contribution < -0.4 is 4.74 Å². The highest BCUT2D eigenvalue weighted by Crippen LogP contribution is 2.30. The Morgan fingerprint density at radius 3 is 2.47 bits per heavy atom. The smallest absolute Gasteiger partial charge is 0.191 e. The molecule has 0 radical (unpaired) electrons. The molecule has 6 nitrogen and oxygen atoms in total. The lowest BCUT2D eigenvalue weighted by Crippen LogP contribution is -2.09. The monoisotopic (exact) mass is 447 g/mol. The van der Waals surface area contributed by atoms with E-state index in [4.69, 9.17) is 4.74 Å². The molecule has 4 rings (SSSR count). The molecule has 1 atom stereocenters. The lowest BCUT2D eigenvalue weighted by molar-refractivity contribution is 0.306. The summed E-state index contributed by atoms with van der Waals surface area (Å²) in [7, 11) is -1.07. The number of hydrogen-bond donors (Lipinski definition) is 0. The zero-order chi connectivity index (χ0) is 21.1. The van der Waals surface area contributed by atoms with E-state index in [2.05, 4.69) is 10.2 Å². The van der Waals surface area contributed by atoms with Gasteiger partial charge in [0.1, 0.15) is 24.0 Å². The van der Waals surface area contributed by atoms with Gasteiger partial charge in [0.05, 0.1) is 11.5 Å². The molecular formula is C21H22FN3O3S2. The molecule has 3 aromatic rings. The Bertz CT molecular complexity index is 1110. The maximum Gasteiger partial charge on any atom is 0.191 e. The van der Waals surface area contributed by atoms with Gasteiger partial charge in [-0.1, -0.05) is 36.0 Å². The normalized spacial score (nSPS) is 17.9. The maximum absolute atomic E-state index is 12.9. The quantitative estimate of drug-likeness (QED) is 0.514. The number of sulfone groups is 1. The van der Waals surface area contributed by atoms with Gasteiger partial charge in [-0.3, -0.25) is 0 Å². The van der Waals surface area contributed by atoms with E-state index in [1.807, 2.05) is 35.9 Å². The maximum atomic E-state index is 12.9. The highest BCUT2D eigenvalue weighted by atomic mass is 32.2. The number of halogens is 1. The summed E-state index contributed by atoms with van der Waals surface area (Å²) in [5.74, 6) is 2.25. The topological polar surface area (TPSA) is 74.1 Å². The number of rotatable bonds is 7. The third-order valence-corrected chi connectivity index (χ3v) is 7.94. The van der Waals surface area contributed by atoms with E-state index >= 15 is 0 Å². The summed E-state index contributed by atoms with van der Waals surface area (Å²) in [4.78, 5) is 0. The Kier molecular flexibility index (Phi) is 6.10. The standard InChI is InChI=1S/C21H22FN3O3S2/c1-25-20(17-10-11-30(26,27)14-17)23-24-21(25)29-13-16-4-8-19(9-5-16)28-12-15-2-6-18(22)7-3-15/h2-9,17H,10-14H2,1H3. The van der Waals surface area contributed by atoms with Crippen LogP contribution in [-0.2, 0) is 29.2 Å². The fourth-order valence-corrected chi connectivity index (χ4v) is 6.00. The molecule has 1 aromatic heterocycles. The second-order valence-electron chi connectivity index (χ2n) is 7.35. The van der Waals surface area contributed by atoms with Crippen LogP contribution in [0.25, 0.3) is 0 Å². The molecule has 0 aliphatic carbocycles. The second-order valence-corrected chi connectivity index (χ2v) is 10.5. The molecule has 0 saturated carbocycles. The number of hydrogen-bond acceptors (Lipinski definition) is 6. The van der Waals surface area contributed by atoms with Gasteiger partial charge < -0.3 is 9.30 Å². The first kappa shape index (κ1) is 20.9. The van der Waals surface area contributed by atoms with Crippen LogP contribution in [0.4, 0.5) is 4.39 Å². The Labute approximate surface area is 179 Å². The molecule has 1 unspecified atom stereocenters. The summed E-state index contributed by atoms with van der Waals surface area (Å²) >= 11 is 1.56. The van der Waals surface area contributed by atoms with E-state index in [0.717, 1.165) is 27.9 Å². The average molecular weight is 448 g/mol. The van der Waals surface area contributed by atoms with Gasteiger partial charge in [0.25, 0.3) is 0 Å². The SMILES string of the molecule is Cn1c(SCc2ccc(OCc3ccc(F)cc3)cc2)nnc1C1CCS(=O)(=O)C1. The van der Waals surface area contributed by atoms with Crippen LogP contribution >= 0.6 is 11.8 Å². The molecule has 0 bridgehead atoms. The molecule has 2 heterocycles. The Morgan fingerprint density at radius 2 is 1.80 bits per heavy atom. The molecule has 9 heteroatoms. The summed E-state index contributed by atoms with van der Waals surface area (Å²) < 4.78 is 44.0. The van der Waals surface area contributed by atoms with E-state index in [1.165, 1.54) is 12.1 Å². The Balaban J connectivity index is 1.31. The van der Waals surface area contributed by atoms with Gasteiger partial charge >= 0.3 is 0 Å². The molecule has 1 aliphatic heterocycles. The van der Waals surface area contributed by atoms with Crippen molar-refractivity contribution in [3.63, 3.8) is 0 Å². The van der Waals surface area contributed by atoms with E-state index in [-0.39, 0.29) is 23.2 Å². The molecule has 1 fully saturated rings. The summed E-state index contributed by atoms with van der Waals surface area (Å²) in [6.45, 7) is 0.382. The van der Waals surface area contributed by atoms with Crippen molar-refractivity contribution >= 4 is 21.6 Å². The molecule has 1 aliphatic rings. The third-order valence-electron chi connectivity index (χ3n) is 5.08. The fourth-order valence-electron chi connectivity index (χ4n) is 3.38. The largest absolute Gasteiger partial charge is 0.489 e. The molecule has 158 valence electrons. The van der Waals surface area contributed by atoms with E-state index in [1.54, 1.807) is 23.9 Å². The van der Waals surface area contributed by atoms with Crippen LogP contribution in [0, 0.1) is 5.82 Å². The lowest BCUT2D eigenvalue weighted by Gasteiger charge is -2.09. The van der Waals surface area contributed by atoms with Crippen molar-refractivity contribution in [3.8, 4) is 5.75 Å². The first-order valence-corrected chi connectivity index (χ1v) is 12.4. The first-order chi connectivity index (χ1) is 14.4. The molecular weight excluding hydrogens is 425 g/mol. The van der Waals surface area contributed by atoms with Crippen LogP contribution in [0.1, 0.15) is 29.3 Å². The van der Waals surface area contributed by atoms with Crippen molar-refractivity contribution < 1.29 is 17.5 Å². The predicted molar refractivity (Wildman–Crippen MR) is 114 cm³/mol. The number of benzene rings is 2. The summed E-state index contributed by atoms with van der Waals surface area (Å²) in [6.07, 6.45) is 0.609. The minimum absolute atomic E-state index is 0.0700. The van der Waals surface area contributed by atoms with E-state index < -0.39 is 9.84 Å². The van der Waals surface area contributed by atoms with Crippen molar-refractivity contribution in [2.45, 2.75) is 29.9 Å². The minimum atomic E-state index is -2.95. The molecule has 1 saturated heterocycles. The average Bonchev–Trinajstić information content (AvgIpc) is 3.28.